The van der Waals surface area contributed by atoms with Crippen molar-refractivity contribution in [2.24, 2.45) is 0 Å². The third-order valence-electron chi connectivity index (χ3n) is 9.96. The van der Waals surface area contributed by atoms with Crippen LogP contribution in [0.3, 0.4) is 0 Å². The Morgan fingerprint density at radius 3 is 1.98 bits per heavy atom. The normalized spacial score (nSPS) is 11.6. The van der Waals surface area contributed by atoms with Gasteiger partial charge in [0.15, 0.2) is 11.5 Å². The number of carbonyl (C=O) groups is 1. The Kier molecular flexibility index (Phi) is 12.5. The van der Waals surface area contributed by atoms with Crippen LogP contribution in [0.1, 0.15) is 22.3 Å². The van der Waals surface area contributed by atoms with Gasteiger partial charge in [0, 0.05) is 34.5 Å². The van der Waals surface area contributed by atoms with Gasteiger partial charge in [-0.3, -0.25) is 24.3 Å². The predicted molar refractivity (Wildman–Crippen MR) is 237 cm³/mol. The number of nitrogens with two attached hydrogens (primary N) is 1. The van der Waals surface area contributed by atoms with Crippen LogP contribution in [0.2, 0.25) is 10.0 Å². The van der Waals surface area contributed by atoms with Crippen molar-refractivity contribution in [2.45, 2.75) is 26.1 Å². The van der Waals surface area contributed by atoms with E-state index in [9.17, 15) is 14.9 Å². The molecule has 0 fully saturated rings. The maximum Gasteiger partial charge on any atom is 0.317 e. The Morgan fingerprint density at radius 1 is 0.746 bits per heavy atom. The van der Waals surface area contributed by atoms with Gasteiger partial charge >= 0.3 is 5.97 Å². The number of nitrogens with zero attached hydrogens (tertiary/aromatic N) is 5. The van der Waals surface area contributed by atoms with Crippen molar-refractivity contribution >= 4 is 62.4 Å². The lowest BCUT2D eigenvalue weighted by molar-refractivity contribution is -0.384. The average Bonchev–Trinajstić information content (AvgIpc) is 3.98. The van der Waals surface area contributed by atoms with Crippen molar-refractivity contribution in [1.82, 2.24) is 19.6 Å². The van der Waals surface area contributed by atoms with Crippen LogP contribution in [-0.4, -0.2) is 51.5 Å². The minimum atomic E-state index is -0.475. The van der Waals surface area contributed by atoms with Gasteiger partial charge < -0.3 is 34.2 Å². The van der Waals surface area contributed by atoms with Crippen molar-refractivity contribution in [3.05, 3.63) is 164 Å². The number of anilines is 1. The first-order chi connectivity index (χ1) is 30.5. The summed E-state index contributed by atoms with van der Waals surface area (Å²) in [4.78, 5) is 23.2. The van der Waals surface area contributed by atoms with Gasteiger partial charge in [-0.15, -0.1) is 10.2 Å². The smallest absolute Gasteiger partial charge is 0.317 e. The van der Waals surface area contributed by atoms with Crippen LogP contribution in [0.5, 0.6) is 34.8 Å². The third kappa shape index (κ3) is 9.85. The first-order valence-corrected chi connectivity index (χ1v) is 20.1. The number of hydrogen-bond donors (Lipinski definition) is 1. The van der Waals surface area contributed by atoms with Crippen molar-refractivity contribution in [2.75, 3.05) is 26.7 Å². The molecule has 0 aliphatic carbocycles. The number of fused-ring (bicyclic) bond motifs is 3. The molecule has 0 bridgehead atoms. The molecule has 0 saturated heterocycles. The first kappa shape index (κ1) is 42.2. The van der Waals surface area contributed by atoms with Crippen LogP contribution < -0.4 is 34.2 Å². The quantitative estimate of drug-likeness (QED) is 0.0503. The predicted octanol–water partition coefficient (Wildman–Crippen LogP) is 9.44. The molecule has 2 N–H and O–H groups in total. The number of nitrogen functional groups attached to an aromatic ring is 1. The number of non-ortho nitro benzene ring substituents is 1. The fraction of sp³-hybridized carbons (Fsp3) is 0.152. The molecule has 0 saturated carbocycles. The lowest BCUT2D eigenvalue weighted by Crippen LogP contribution is -2.12. The molecule has 15 nitrogen and oxygen atoms in total. The minimum Gasteiger partial charge on any atom is -0.497 e. The Bertz CT molecular complexity index is 2970. The molecule has 1 aliphatic heterocycles. The summed E-state index contributed by atoms with van der Waals surface area (Å²) in [7, 11) is 3.17. The highest BCUT2D eigenvalue weighted by molar-refractivity contribution is 6.31. The number of methoxy groups -OCH3 is 2. The second-order valence-electron chi connectivity index (χ2n) is 14.2. The van der Waals surface area contributed by atoms with Gasteiger partial charge in [-0.05, 0) is 83.4 Å². The summed E-state index contributed by atoms with van der Waals surface area (Å²) < 4.78 is 36.7. The molecule has 63 heavy (non-hydrogen) atoms. The summed E-state index contributed by atoms with van der Waals surface area (Å²) in [6.45, 7) is 1.24. The van der Waals surface area contributed by atoms with Gasteiger partial charge in [0.1, 0.15) is 18.1 Å². The zero-order chi connectivity index (χ0) is 44.0. The molecule has 9 rings (SSSR count). The standard InChI is InChI=1S/C23H18ClN3O5.C23H20ClN3O4/c1-31-19-9-10-21-20(13-19)23(32-22(28)12-15-5-7-17(24)8-6-15)25-26(21)14-16-3-2-4-18(11-16)27(29)30;1-28-17-5-6-20-18(9-17)23(26-27(20)11-14-3-2-4-16(25)7-14)29-12-15-8-21-22(10-19(15)24)31-13-30-21/h2-11,13H,12,14H2,1H3;2-10H,11-13,25H2,1H3. The Morgan fingerprint density at radius 2 is 1.35 bits per heavy atom. The van der Waals surface area contributed by atoms with E-state index in [-0.39, 0.29) is 37.9 Å². The number of nitro groups is 1. The minimum absolute atomic E-state index is 0.00440. The molecule has 0 radical (unpaired) electrons. The molecule has 0 amide bonds. The summed E-state index contributed by atoms with van der Waals surface area (Å²) in [6.07, 6.45) is 0.0559. The van der Waals surface area contributed by atoms with Gasteiger partial charge in [-0.2, -0.15) is 0 Å². The molecule has 2 aromatic heterocycles. The van der Waals surface area contributed by atoms with E-state index in [2.05, 4.69) is 5.10 Å². The van der Waals surface area contributed by atoms with E-state index in [0.29, 0.717) is 61.9 Å². The fourth-order valence-electron chi connectivity index (χ4n) is 6.87. The average molecular weight is 890 g/mol. The summed E-state index contributed by atoms with van der Waals surface area (Å²) in [5, 5.41) is 22.8. The fourth-order valence-corrected chi connectivity index (χ4v) is 7.20. The third-order valence-corrected chi connectivity index (χ3v) is 10.6. The number of carbonyl (C=O) groups excluding carboxylic acids is 1. The molecule has 0 spiro atoms. The zero-order valence-corrected chi connectivity index (χ0v) is 35.3. The van der Waals surface area contributed by atoms with E-state index in [0.717, 1.165) is 33.3 Å². The molecule has 3 heterocycles. The van der Waals surface area contributed by atoms with Crippen molar-refractivity contribution in [3.8, 4) is 34.8 Å². The number of rotatable bonds is 13. The van der Waals surface area contributed by atoms with E-state index in [1.807, 2.05) is 53.2 Å². The lowest BCUT2D eigenvalue weighted by atomic mass is 10.1. The number of nitro benzene ring substituents is 1. The monoisotopic (exact) mass is 888 g/mol. The summed E-state index contributed by atoms with van der Waals surface area (Å²) in [5.74, 6) is 2.76. The largest absolute Gasteiger partial charge is 0.497 e. The molecule has 1 aliphatic rings. The number of hydrogen-bond acceptors (Lipinski definition) is 12. The summed E-state index contributed by atoms with van der Waals surface area (Å²) >= 11 is 12.3. The van der Waals surface area contributed by atoms with Gasteiger partial charge in [0.2, 0.25) is 18.6 Å². The van der Waals surface area contributed by atoms with Crippen LogP contribution in [0.25, 0.3) is 21.8 Å². The maximum absolute atomic E-state index is 12.5. The maximum atomic E-state index is 12.5. The molecule has 6 aromatic carbocycles. The Balaban J connectivity index is 0.000000173. The van der Waals surface area contributed by atoms with Crippen molar-refractivity contribution in [3.63, 3.8) is 0 Å². The molecule has 8 aromatic rings. The van der Waals surface area contributed by atoms with Gasteiger partial charge in [0.25, 0.3) is 5.69 Å². The van der Waals surface area contributed by atoms with E-state index in [1.54, 1.807) is 79.6 Å². The van der Waals surface area contributed by atoms with E-state index >= 15 is 0 Å². The molecular weight excluding hydrogens is 851 g/mol. The molecule has 320 valence electrons. The van der Waals surface area contributed by atoms with Crippen molar-refractivity contribution in [1.29, 1.82) is 0 Å². The number of halogens is 2. The van der Waals surface area contributed by atoms with E-state index < -0.39 is 10.9 Å². The summed E-state index contributed by atoms with van der Waals surface area (Å²) in [5.41, 5.74) is 11.6. The van der Waals surface area contributed by atoms with Gasteiger partial charge in [-0.1, -0.05) is 59.6 Å². The van der Waals surface area contributed by atoms with Crippen LogP contribution in [0.4, 0.5) is 11.4 Å². The number of benzene rings is 6. The molecule has 0 atom stereocenters. The van der Waals surface area contributed by atoms with Crippen LogP contribution in [0, 0.1) is 10.1 Å². The van der Waals surface area contributed by atoms with Crippen LogP contribution in [0.15, 0.2) is 121 Å². The lowest BCUT2D eigenvalue weighted by Gasteiger charge is -2.07. The molecule has 0 unspecified atom stereocenters. The highest BCUT2D eigenvalue weighted by Gasteiger charge is 2.20. The highest BCUT2D eigenvalue weighted by Crippen LogP contribution is 2.38. The number of ether oxygens (including phenoxy) is 6. The second-order valence-corrected chi connectivity index (χ2v) is 15.1. The first-order valence-electron chi connectivity index (χ1n) is 19.4. The van der Waals surface area contributed by atoms with Crippen LogP contribution >= 0.6 is 23.2 Å². The molecule has 17 heteroatoms. The van der Waals surface area contributed by atoms with E-state index in [4.69, 9.17) is 62.5 Å². The van der Waals surface area contributed by atoms with E-state index in [1.165, 1.54) is 12.1 Å². The number of aromatic nitrogens is 4. The van der Waals surface area contributed by atoms with Crippen molar-refractivity contribution < 1.29 is 38.1 Å². The summed E-state index contributed by atoms with van der Waals surface area (Å²) in [6, 6.07) is 35.6. The van der Waals surface area contributed by atoms with Gasteiger partial charge in [0.05, 0.1) is 65.5 Å². The SMILES string of the molecule is COc1ccc2c(c1)c(OC(=O)Cc1ccc(Cl)cc1)nn2Cc1cccc([N+](=O)[O-])c1.COc1ccc2c(c1)c(OCc1cc3c(cc1Cl)OCO3)nn2Cc1cccc(N)c1. The van der Waals surface area contributed by atoms with Crippen LogP contribution in [-0.2, 0) is 30.9 Å². The Labute approximate surface area is 370 Å². The zero-order valence-electron chi connectivity index (χ0n) is 33.8. The Hall–Kier alpha value is -7.49. The second kappa shape index (κ2) is 18.6. The topological polar surface area (TPSA) is 177 Å². The highest BCUT2D eigenvalue weighted by atomic mass is 35.5. The van der Waals surface area contributed by atoms with Gasteiger partial charge in [-0.25, -0.2) is 0 Å². The number of esters is 1. The molecular formula is C46H38Cl2N6O9.